The maximum Gasteiger partial charge on any atom is 0.306 e. The summed E-state index contributed by atoms with van der Waals surface area (Å²) in [5.74, 6) is -0.00323. The number of nitrogens with zero attached hydrogens (tertiary/aromatic N) is 1. The first kappa shape index (κ1) is 12.7. The molecule has 3 heteroatoms. The number of hydrogen-bond acceptors (Lipinski definition) is 3. The first-order chi connectivity index (χ1) is 9.26. The standard InChI is InChI=1S/C16H21NO2/c18-15-7-9-16(19-15)8-4-11-17(12-10-16)13-14-5-2-1-3-6-14/h1-3,5-6H,4,7-13H2. The van der Waals surface area contributed by atoms with Crippen LogP contribution in [0.15, 0.2) is 30.3 Å². The summed E-state index contributed by atoms with van der Waals surface area (Å²) in [6, 6.07) is 10.6. The number of hydrogen-bond donors (Lipinski definition) is 0. The first-order valence-electron chi connectivity index (χ1n) is 7.24. The summed E-state index contributed by atoms with van der Waals surface area (Å²) in [4.78, 5) is 13.8. The highest BCUT2D eigenvalue weighted by atomic mass is 16.6. The molecule has 2 heterocycles. The van der Waals surface area contributed by atoms with Crippen LogP contribution in [0.3, 0.4) is 0 Å². The Balaban J connectivity index is 1.60. The topological polar surface area (TPSA) is 29.5 Å². The van der Waals surface area contributed by atoms with E-state index in [4.69, 9.17) is 4.74 Å². The van der Waals surface area contributed by atoms with Crippen molar-refractivity contribution in [3.8, 4) is 0 Å². The third kappa shape index (κ3) is 2.98. The molecule has 1 aromatic carbocycles. The Kier molecular flexibility index (Phi) is 3.56. The smallest absolute Gasteiger partial charge is 0.306 e. The van der Waals surface area contributed by atoms with Crippen molar-refractivity contribution in [2.45, 2.75) is 44.2 Å². The minimum Gasteiger partial charge on any atom is -0.459 e. The van der Waals surface area contributed by atoms with Crippen LogP contribution in [0.5, 0.6) is 0 Å². The number of esters is 1. The molecule has 3 nitrogen and oxygen atoms in total. The van der Waals surface area contributed by atoms with Gasteiger partial charge in [-0.3, -0.25) is 9.69 Å². The van der Waals surface area contributed by atoms with E-state index in [2.05, 4.69) is 35.2 Å². The molecule has 1 unspecified atom stereocenters. The molecule has 0 bridgehead atoms. The summed E-state index contributed by atoms with van der Waals surface area (Å²) >= 11 is 0. The van der Waals surface area contributed by atoms with Gasteiger partial charge in [-0.1, -0.05) is 30.3 Å². The van der Waals surface area contributed by atoms with Gasteiger partial charge in [0.2, 0.25) is 0 Å². The molecule has 0 saturated carbocycles. The summed E-state index contributed by atoms with van der Waals surface area (Å²) in [6.07, 6.45) is 4.68. The van der Waals surface area contributed by atoms with Crippen LogP contribution in [0.4, 0.5) is 0 Å². The Morgan fingerprint density at radius 2 is 1.95 bits per heavy atom. The summed E-state index contributed by atoms with van der Waals surface area (Å²) < 4.78 is 5.60. The maximum atomic E-state index is 11.4. The largest absolute Gasteiger partial charge is 0.459 e. The summed E-state index contributed by atoms with van der Waals surface area (Å²) in [5, 5.41) is 0. The lowest BCUT2D eigenvalue weighted by molar-refractivity contribution is -0.149. The maximum absolute atomic E-state index is 11.4. The van der Waals surface area contributed by atoms with Gasteiger partial charge in [0, 0.05) is 19.5 Å². The number of benzene rings is 1. The van der Waals surface area contributed by atoms with E-state index in [-0.39, 0.29) is 11.6 Å². The predicted octanol–water partition coefficient (Wildman–Crippen LogP) is 2.75. The number of carbonyl (C=O) groups excluding carboxylic acids is 1. The molecule has 1 aromatic rings. The van der Waals surface area contributed by atoms with E-state index in [0.29, 0.717) is 6.42 Å². The van der Waals surface area contributed by atoms with E-state index in [0.717, 1.165) is 45.3 Å². The molecule has 2 aliphatic heterocycles. The summed E-state index contributed by atoms with van der Waals surface area (Å²) in [7, 11) is 0. The van der Waals surface area contributed by atoms with Gasteiger partial charge >= 0.3 is 5.97 Å². The number of rotatable bonds is 2. The average molecular weight is 259 g/mol. The molecular weight excluding hydrogens is 238 g/mol. The quantitative estimate of drug-likeness (QED) is 0.765. The highest BCUT2D eigenvalue weighted by Gasteiger charge is 2.41. The van der Waals surface area contributed by atoms with Crippen molar-refractivity contribution in [2.75, 3.05) is 13.1 Å². The Morgan fingerprint density at radius 3 is 2.68 bits per heavy atom. The van der Waals surface area contributed by atoms with Gasteiger partial charge in [0.15, 0.2) is 0 Å². The van der Waals surface area contributed by atoms with E-state index in [1.807, 2.05) is 0 Å². The number of carbonyl (C=O) groups is 1. The molecular formula is C16H21NO2. The zero-order valence-electron chi connectivity index (χ0n) is 11.3. The molecule has 2 saturated heterocycles. The predicted molar refractivity (Wildman–Crippen MR) is 73.6 cm³/mol. The Morgan fingerprint density at radius 1 is 1.11 bits per heavy atom. The lowest BCUT2D eigenvalue weighted by atomic mass is 9.92. The lowest BCUT2D eigenvalue weighted by Crippen LogP contribution is -2.30. The fourth-order valence-corrected chi connectivity index (χ4v) is 3.25. The van der Waals surface area contributed by atoms with Gasteiger partial charge in [0.05, 0.1) is 0 Å². The van der Waals surface area contributed by atoms with Gasteiger partial charge in [0.1, 0.15) is 5.60 Å². The van der Waals surface area contributed by atoms with Crippen LogP contribution in [-0.4, -0.2) is 29.6 Å². The summed E-state index contributed by atoms with van der Waals surface area (Å²) in [6.45, 7) is 3.14. The monoisotopic (exact) mass is 259 g/mol. The van der Waals surface area contributed by atoms with E-state index >= 15 is 0 Å². The highest BCUT2D eigenvalue weighted by molar-refractivity contribution is 5.72. The van der Waals surface area contributed by atoms with Crippen molar-refractivity contribution in [3.05, 3.63) is 35.9 Å². The molecule has 0 N–H and O–H groups in total. The van der Waals surface area contributed by atoms with Gasteiger partial charge in [-0.2, -0.15) is 0 Å². The molecule has 0 aromatic heterocycles. The Hall–Kier alpha value is -1.35. The molecule has 0 amide bonds. The Bertz CT molecular complexity index is 445. The minimum atomic E-state index is -0.136. The minimum absolute atomic E-state index is 0.00323. The molecule has 1 atom stereocenters. The van der Waals surface area contributed by atoms with Crippen LogP contribution in [-0.2, 0) is 16.1 Å². The van der Waals surface area contributed by atoms with Crippen LogP contribution < -0.4 is 0 Å². The van der Waals surface area contributed by atoms with Crippen molar-refractivity contribution in [1.82, 2.24) is 4.90 Å². The molecule has 0 aliphatic carbocycles. The van der Waals surface area contributed by atoms with Crippen molar-refractivity contribution in [3.63, 3.8) is 0 Å². The molecule has 2 aliphatic rings. The van der Waals surface area contributed by atoms with Crippen molar-refractivity contribution in [1.29, 1.82) is 0 Å². The third-order valence-electron chi connectivity index (χ3n) is 4.35. The Labute approximate surface area is 114 Å². The van der Waals surface area contributed by atoms with Crippen LogP contribution >= 0.6 is 0 Å². The summed E-state index contributed by atoms with van der Waals surface area (Å²) in [5.41, 5.74) is 1.23. The molecule has 1 spiro atoms. The number of likely N-dealkylation sites (tertiary alicyclic amines) is 1. The molecule has 19 heavy (non-hydrogen) atoms. The second kappa shape index (κ2) is 5.33. The second-order valence-corrected chi connectivity index (χ2v) is 5.77. The van der Waals surface area contributed by atoms with Crippen molar-refractivity contribution in [2.24, 2.45) is 0 Å². The van der Waals surface area contributed by atoms with Crippen LogP contribution in [0.25, 0.3) is 0 Å². The van der Waals surface area contributed by atoms with Gasteiger partial charge in [0.25, 0.3) is 0 Å². The van der Waals surface area contributed by atoms with Crippen molar-refractivity contribution >= 4 is 5.97 Å². The SMILES string of the molecule is O=C1CCC2(CCCN(Cc3ccccc3)CC2)O1. The second-order valence-electron chi connectivity index (χ2n) is 5.77. The van der Waals surface area contributed by atoms with Gasteiger partial charge < -0.3 is 4.74 Å². The molecule has 2 fully saturated rings. The lowest BCUT2D eigenvalue weighted by Gasteiger charge is -2.26. The van der Waals surface area contributed by atoms with E-state index in [9.17, 15) is 4.79 Å². The zero-order chi connectivity index (χ0) is 13.1. The average Bonchev–Trinajstić information content (AvgIpc) is 2.67. The van der Waals surface area contributed by atoms with E-state index in [1.54, 1.807) is 0 Å². The van der Waals surface area contributed by atoms with Crippen LogP contribution in [0.1, 0.15) is 37.7 Å². The number of ether oxygens (including phenoxy) is 1. The van der Waals surface area contributed by atoms with Crippen LogP contribution in [0.2, 0.25) is 0 Å². The molecule has 102 valence electrons. The van der Waals surface area contributed by atoms with Gasteiger partial charge in [-0.25, -0.2) is 0 Å². The fourth-order valence-electron chi connectivity index (χ4n) is 3.25. The first-order valence-corrected chi connectivity index (χ1v) is 7.24. The van der Waals surface area contributed by atoms with Gasteiger partial charge in [-0.15, -0.1) is 0 Å². The highest BCUT2D eigenvalue weighted by Crippen LogP contribution is 2.36. The van der Waals surface area contributed by atoms with Crippen molar-refractivity contribution < 1.29 is 9.53 Å². The molecule has 3 rings (SSSR count). The molecule has 0 radical (unpaired) electrons. The normalized spacial score (nSPS) is 28.3. The fraction of sp³-hybridized carbons (Fsp3) is 0.562. The van der Waals surface area contributed by atoms with Crippen LogP contribution in [0, 0.1) is 0 Å². The zero-order valence-corrected chi connectivity index (χ0v) is 11.3. The third-order valence-corrected chi connectivity index (χ3v) is 4.35. The van der Waals surface area contributed by atoms with E-state index in [1.165, 1.54) is 5.56 Å². The van der Waals surface area contributed by atoms with Gasteiger partial charge in [-0.05, 0) is 37.8 Å². The van der Waals surface area contributed by atoms with E-state index < -0.39 is 0 Å².